The van der Waals surface area contributed by atoms with Crippen LogP contribution in [0.4, 0.5) is 4.79 Å². The smallest absolute Gasteiger partial charge is 0.410 e. The molecule has 1 saturated carbocycles. The van der Waals surface area contributed by atoms with Crippen molar-refractivity contribution in [2.75, 3.05) is 6.61 Å². The lowest BCUT2D eigenvalue weighted by Crippen LogP contribution is -2.41. The van der Waals surface area contributed by atoms with Gasteiger partial charge < -0.3 is 9.47 Å². The molecule has 0 bridgehead atoms. The van der Waals surface area contributed by atoms with Crippen molar-refractivity contribution in [1.82, 2.24) is 10.4 Å². The van der Waals surface area contributed by atoms with Crippen LogP contribution >= 0.6 is 13.5 Å². The predicted molar refractivity (Wildman–Crippen MR) is 95.3 cm³/mol. The van der Waals surface area contributed by atoms with Crippen molar-refractivity contribution in [2.24, 2.45) is 0 Å². The zero-order chi connectivity index (χ0) is 17.1. The van der Waals surface area contributed by atoms with Crippen molar-refractivity contribution in [2.45, 2.75) is 51.3 Å². The first-order chi connectivity index (χ1) is 11.6. The zero-order valence-electron chi connectivity index (χ0n) is 14.2. The van der Waals surface area contributed by atoms with Crippen LogP contribution in [0.5, 0.6) is 5.75 Å². The molecule has 1 aromatic rings. The summed E-state index contributed by atoms with van der Waals surface area (Å²) in [6.45, 7) is 2.59. The lowest BCUT2D eigenvalue weighted by molar-refractivity contribution is 0.0485. The summed E-state index contributed by atoms with van der Waals surface area (Å²) in [6, 6.07) is 4.75. The maximum absolute atomic E-state index is 12.5. The minimum atomic E-state index is -0.601. The Morgan fingerprint density at radius 2 is 2.04 bits per heavy atom. The van der Waals surface area contributed by atoms with E-state index in [4.69, 9.17) is 14.7 Å². The molecular formula is C17H24N2O5S. The van der Waals surface area contributed by atoms with Crippen LogP contribution in [0.1, 0.15) is 48.5 Å². The first-order valence-corrected chi connectivity index (χ1v) is 8.26. The van der Waals surface area contributed by atoms with E-state index in [0.29, 0.717) is 24.5 Å². The zero-order valence-corrected chi connectivity index (χ0v) is 15.2. The highest BCUT2D eigenvalue weighted by atomic mass is 32.1. The average Bonchev–Trinajstić information content (AvgIpc) is 3.03. The monoisotopic (exact) mass is 368 g/mol. The molecule has 8 heteroatoms. The molecule has 0 radical (unpaired) electrons. The maximum Gasteiger partial charge on any atom is 0.410 e. The largest absolute Gasteiger partial charge is 0.491 e. The number of carbonyl (C=O) groups excluding carboxylic acids is 2. The van der Waals surface area contributed by atoms with Gasteiger partial charge in [-0.3, -0.25) is 14.9 Å². The molecule has 1 atom stereocenters. The second kappa shape index (κ2) is 8.44. The molecule has 25 heavy (non-hydrogen) atoms. The number of benzene rings is 1. The van der Waals surface area contributed by atoms with Gasteiger partial charge in [0.1, 0.15) is 18.5 Å². The van der Waals surface area contributed by atoms with Gasteiger partial charge >= 0.3 is 6.09 Å². The molecule has 2 aliphatic rings. The topological polar surface area (TPSA) is 88.1 Å². The second-order valence-electron chi connectivity index (χ2n) is 6.34. The molecule has 2 amide bonds. The minimum absolute atomic E-state index is 0. The third kappa shape index (κ3) is 4.38. The normalized spacial score (nSPS) is 19.9. The van der Waals surface area contributed by atoms with Crippen molar-refractivity contribution >= 4 is 25.5 Å². The lowest BCUT2D eigenvalue weighted by Gasteiger charge is -2.27. The molecule has 138 valence electrons. The highest BCUT2D eigenvalue weighted by Crippen LogP contribution is 2.28. The number of hydroxylamine groups is 1. The Morgan fingerprint density at radius 1 is 1.32 bits per heavy atom. The van der Waals surface area contributed by atoms with Crippen LogP contribution in [0.3, 0.4) is 0 Å². The molecule has 1 aliphatic heterocycles. The molecule has 1 fully saturated rings. The van der Waals surface area contributed by atoms with E-state index in [1.54, 1.807) is 28.6 Å². The van der Waals surface area contributed by atoms with Gasteiger partial charge in [-0.05, 0) is 44.7 Å². The Balaban J connectivity index is 0.00000225. The van der Waals surface area contributed by atoms with E-state index in [1.807, 2.05) is 6.92 Å². The molecule has 0 spiro atoms. The number of hydrogen-bond acceptors (Lipinski definition) is 5. The SMILES string of the molecule is C[C@H]1COc2cc(C(=O)NO)ccc2CN1C(=O)OC1CCCC1.S. The van der Waals surface area contributed by atoms with E-state index < -0.39 is 5.91 Å². The standard InChI is InChI=1S/C17H22N2O5.H2S/c1-11-10-23-15-8-12(16(20)18-22)6-7-13(15)9-19(11)17(21)24-14-4-2-3-5-14;/h6-8,11,14,22H,2-5,9-10H2,1H3,(H,18,20);1H2/t11-;/m0./s1. The van der Waals surface area contributed by atoms with Gasteiger partial charge in [-0.2, -0.15) is 13.5 Å². The minimum Gasteiger partial charge on any atom is -0.491 e. The van der Waals surface area contributed by atoms with Crippen LogP contribution in [0, 0.1) is 0 Å². The Labute approximate surface area is 153 Å². The van der Waals surface area contributed by atoms with Gasteiger partial charge in [-0.1, -0.05) is 6.07 Å². The Hall–Kier alpha value is -1.93. The summed E-state index contributed by atoms with van der Waals surface area (Å²) in [5.41, 5.74) is 2.70. The lowest BCUT2D eigenvalue weighted by atomic mass is 10.1. The molecule has 7 nitrogen and oxygen atoms in total. The second-order valence-corrected chi connectivity index (χ2v) is 6.34. The van der Waals surface area contributed by atoms with Crippen LogP contribution in [0.25, 0.3) is 0 Å². The predicted octanol–water partition coefficient (Wildman–Crippen LogP) is 2.58. The summed E-state index contributed by atoms with van der Waals surface area (Å²) < 4.78 is 11.3. The Kier molecular flexibility index (Phi) is 6.55. The molecule has 3 rings (SSSR count). The van der Waals surface area contributed by atoms with Crippen molar-refractivity contribution in [1.29, 1.82) is 0 Å². The third-order valence-corrected chi connectivity index (χ3v) is 4.59. The van der Waals surface area contributed by atoms with Crippen LogP contribution < -0.4 is 10.2 Å². The number of hydrogen-bond donors (Lipinski definition) is 2. The van der Waals surface area contributed by atoms with Gasteiger partial charge in [0.15, 0.2) is 0 Å². The molecule has 2 N–H and O–H groups in total. The van der Waals surface area contributed by atoms with Gasteiger partial charge in [0.2, 0.25) is 0 Å². The molecule has 0 aromatic heterocycles. The van der Waals surface area contributed by atoms with Crippen molar-refractivity contribution in [3.63, 3.8) is 0 Å². The number of nitrogens with one attached hydrogen (secondary N) is 1. The number of amides is 2. The fraction of sp³-hybridized carbons (Fsp3) is 0.529. The first-order valence-electron chi connectivity index (χ1n) is 8.26. The van der Waals surface area contributed by atoms with E-state index in [1.165, 1.54) is 0 Å². The van der Waals surface area contributed by atoms with E-state index >= 15 is 0 Å². The van der Waals surface area contributed by atoms with Crippen molar-refractivity contribution in [3.8, 4) is 5.75 Å². The quantitative estimate of drug-likeness (QED) is 0.619. The molecule has 0 unspecified atom stereocenters. The van der Waals surface area contributed by atoms with Crippen LogP contribution in [-0.2, 0) is 11.3 Å². The summed E-state index contributed by atoms with van der Waals surface area (Å²) in [7, 11) is 0. The fourth-order valence-corrected chi connectivity index (χ4v) is 3.13. The number of nitrogens with zero attached hydrogens (tertiary/aromatic N) is 1. The first kappa shape index (κ1) is 19.4. The summed E-state index contributed by atoms with van der Waals surface area (Å²) in [4.78, 5) is 25.7. The van der Waals surface area contributed by atoms with Crippen LogP contribution in [0.15, 0.2) is 18.2 Å². The number of fused-ring (bicyclic) bond motifs is 1. The van der Waals surface area contributed by atoms with Crippen molar-refractivity contribution < 1.29 is 24.3 Å². The molecule has 1 heterocycles. The van der Waals surface area contributed by atoms with E-state index in [-0.39, 0.29) is 31.7 Å². The number of ether oxygens (including phenoxy) is 2. The Morgan fingerprint density at radius 3 is 2.72 bits per heavy atom. The number of rotatable bonds is 2. The summed E-state index contributed by atoms with van der Waals surface area (Å²) >= 11 is 0. The van der Waals surface area contributed by atoms with Gasteiger partial charge in [0, 0.05) is 11.1 Å². The summed E-state index contributed by atoms with van der Waals surface area (Å²) in [5, 5.41) is 8.73. The van der Waals surface area contributed by atoms with Crippen molar-refractivity contribution in [3.05, 3.63) is 29.3 Å². The fourth-order valence-electron chi connectivity index (χ4n) is 3.13. The maximum atomic E-state index is 12.5. The highest BCUT2D eigenvalue weighted by molar-refractivity contribution is 7.59. The van der Waals surface area contributed by atoms with Gasteiger partial charge in [0.25, 0.3) is 5.91 Å². The van der Waals surface area contributed by atoms with E-state index in [2.05, 4.69) is 0 Å². The van der Waals surface area contributed by atoms with Gasteiger partial charge in [-0.25, -0.2) is 10.3 Å². The Bertz CT molecular complexity index is 633. The van der Waals surface area contributed by atoms with E-state index in [9.17, 15) is 9.59 Å². The number of carbonyl (C=O) groups is 2. The molecular weight excluding hydrogens is 344 g/mol. The molecule has 0 saturated heterocycles. The van der Waals surface area contributed by atoms with Gasteiger partial charge in [-0.15, -0.1) is 0 Å². The molecule has 1 aromatic carbocycles. The third-order valence-electron chi connectivity index (χ3n) is 4.59. The average molecular weight is 368 g/mol. The van der Waals surface area contributed by atoms with E-state index in [0.717, 1.165) is 31.2 Å². The summed E-state index contributed by atoms with van der Waals surface area (Å²) in [6.07, 6.45) is 3.78. The van der Waals surface area contributed by atoms with Crippen LogP contribution in [0.2, 0.25) is 0 Å². The summed E-state index contributed by atoms with van der Waals surface area (Å²) in [5.74, 6) is -0.0599. The van der Waals surface area contributed by atoms with Gasteiger partial charge in [0.05, 0.1) is 12.6 Å². The molecule has 1 aliphatic carbocycles. The highest BCUT2D eigenvalue weighted by Gasteiger charge is 2.29. The van der Waals surface area contributed by atoms with Crippen LogP contribution in [-0.4, -0.2) is 40.9 Å².